The van der Waals surface area contributed by atoms with E-state index in [2.05, 4.69) is 0 Å². The van der Waals surface area contributed by atoms with Gasteiger partial charge in [0, 0.05) is 18.4 Å². The van der Waals surface area contributed by atoms with E-state index in [0.717, 1.165) is 18.4 Å². The molecule has 2 rings (SSSR count). The molecule has 1 aliphatic carbocycles. The molecule has 1 unspecified atom stereocenters. The van der Waals surface area contributed by atoms with Gasteiger partial charge in [-0.3, -0.25) is 4.79 Å². The van der Waals surface area contributed by atoms with Gasteiger partial charge >= 0.3 is 11.9 Å². The third-order valence-electron chi connectivity index (χ3n) is 5.94. The van der Waals surface area contributed by atoms with Crippen LogP contribution < -0.4 is 0 Å². The third-order valence-corrected chi connectivity index (χ3v) is 5.94. The second-order valence-corrected chi connectivity index (χ2v) is 8.52. The Morgan fingerprint density at radius 3 is 2.50 bits per heavy atom. The lowest BCUT2D eigenvalue weighted by Crippen LogP contribution is -2.49. The molecule has 1 saturated heterocycles. The van der Waals surface area contributed by atoms with Crippen LogP contribution >= 0.6 is 0 Å². The Labute approximate surface area is 167 Å². The van der Waals surface area contributed by atoms with Crippen molar-refractivity contribution in [3.63, 3.8) is 0 Å². The van der Waals surface area contributed by atoms with Crippen molar-refractivity contribution in [2.45, 2.75) is 91.3 Å². The molecular formula is C22H34O6. The first-order valence-electron chi connectivity index (χ1n) is 10.1. The summed E-state index contributed by atoms with van der Waals surface area (Å²) >= 11 is 0. The SMILES string of the molecule is C/C=C(\C)C(=O)O[C@H]1/C(C)=C/CC[C@@]2(C)O[C@H]2C(OC(C)=O)[C@@H](C(C)C)[C@@H]1O. The van der Waals surface area contributed by atoms with Gasteiger partial charge in [-0.2, -0.15) is 0 Å². The van der Waals surface area contributed by atoms with Crippen LogP contribution in [0.25, 0.3) is 0 Å². The number of epoxide rings is 1. The monoisotopic (exact) mass is 394 g/mol. The number of hydrogen-bond donors (Lipinski definition) is 1. The first kappa shape index (κ1) is 22.6. The van der Waals surface area contributed by atoms with E-state index in [-0.39, 0.29) is 17.6 Å². The van der Waals surface area contributed by atoms with E-state index in [1.165, 1.54) is 6.92 Å². The number of aliphatic hydroxyl groups is 1. The number of ether oxygens (including phenoxy) is 3. The van der Waals surface area contributed by atoms with Gasteiger partial charge in [-0.1, -0.05) is 26.0 Å². The van der Waals surface area contributed by atoms with Crippen molar-refractivity contribution in [1.82, 2.24) is 0 Å². The lowest BCUT2D eigenvalue weighted by atomic mass is 9.77. The molecule has 1 aliphatic heterocycles. The molecule has 0 radical (unpaired) electrons. The highest BCUT2D eigenvalue weighted by Gasteiger charge is 2.60. The molecule has 0 bridgehead atoms. The van der Waals surface area contributed by atoms with Crippen molar-refractivity contribution >= 4 is 11.9 Å². The molecule has 28 heavy (non-hydrogen) atoms. The van der Waals surface area contributed by atoms with Crippen LogP contribution in [0.2, 0.25) is 0 Å². The van der Waals surface area contributed by atoms with Crippen molar-refractivity contribution in [2.24, 2.45) is 11.8 Å². The average Bonchev–Trinajstić information content (AvgIpc) is 3.27. The summed E-state index contributed by atoms with van der Waals surface area (Å²) in [7, 11) is 0. The molecule has 1 N–H and O–H groups in total. The summed E-state index contributed by atoms with van der Waals surface area (Å²) < 4.78 is 17.3. The smallest absolute Gasteiger partial charge is 0.334 e. The van der Waals surface area contributed by atoms with Crippen LogP contribution in [-0.2, 0) is 23.8 Å². The summed E-state index contributed by atoms with van der Waals surface area (Å²) in [6, 6.07) is 0. The van der Waals surface area contributed by atoms with Gasteiger partial charge in [0.15, 0.2) is 0 Å². The number of hydrogen-bond acceptors (Lipinski definition) is 6. The normalized spacial score (nSPS) is 38.1. The molecule has 1 fully saturated rings. The minimum Gasteiger partial charge on any atom is -0.459 e. The fraction of sp³-hybridized carbons (Fsp3) is 0.727. The summed E-state index contributed by atoms with van der Waals surface area (Å²) in [4.78, 5) is 24.2. The average molecular weight is 395 g/mol. The minimum absolute atomic E-state index is 0.0240. The quantitative estimate of drug-likeness (QED) is 0.341. The standard InChI is InChI=1S/C22H34O6/c1-8-13(4)21(25)27-18-14(5)10-9-11-22(7)20(28-22)19(26-15(6)23)16(12(2)3)17(18)24/h8,10,12,16-20,24H,9,11H2,1-7H3/b13-8+,14-10+/t16-,17-,18-,19?,20-,22+/m0/s1. The first-order valence-corrected chi connectivity index (χ1v) is 10.1. The molecule has 0 aromatic carbocycles. The fourth-order valence-corrected chi connectivity index (χ4v) is 4.04. The molecule has 6 atom stereocenters. The van der Waals surface area contributed by atoms with Crippen molar-refractivity contribution in [2.75, 3.05) is 0 Å². The van der Waals surface area contributed by atoms with E-state index in [4.69, 9.17) is 14.2 Å². The molecule has 0 saturated carbocycles. The Hall–Kier alpha value is -1.66. The summed E-state index contributed by atoms with van der Waals surface area (Å²) in [5.74, 6) is -1.34. The predicted octanol–water partition coefficient (Wildman–Crippen LogP) is 3.33. The van der Waals surface area contributed by atoms with Crippen molar-refractivity contribution in [1.29, 1.82) is 0 Å². The number of allylic oxidation sites excluding steroid dienone is 2. The van der Waals surface area contributed by atoms with Crippen LogP contribution in [0.5, 0.6) is 0 Å². The van der Waals surface area contributed by atoms with E-state index >= 15 is 0 Å². The number of fused-ring (bicyclic) bond motifs is 1. The number of esters is 2. The number of rotatable bonds is 4. The van der Waals surface area contributed by atoms with Gasteiger partial charge in [0.2, 0.25) is 0 Å². The highest BCUT2D eigenvalue weighted by atomic mass is 16.6. The maximum atomic E-state index is 12.4. The highest BCUT2D eigenvalue weighted by Crippen LogP contribution is 2.48. The molecule has 0 aromatic heterocycles. The molecule has 0 aromatic rings. The van der Waals surface area contributed by atoms with Crippen molar-refractivity contribution in [3.05, 3.63) is 23.3 Å². The largest absolute Gasteiger partial charge is 0.459 e. The van der Waals surface area contributed by atoms with E-state index in [1.54, 1.807) is 19.9 Å². The topological polar surface area (TPSA) is 85.4 Å². The van der Waals surface area contributed by atoms with Gasteiger partial charge in [-0.15, -0.1) is 0 Å². The van der Waals surface area contributed by atoms with Crippen LogP contribution in [0.4, 0.5) is 0 Å². The molecule has 1 heterocycles. The maximum absolute atomic E-state index is 12.4. The summed E-state index contributed by atoms with van der Waals surface area (Å²) in [5.41, 5.74) is 0.891. The molecule has 0 spiro atoms. The van der Waals surface area contributed by atoms with Crippen LogP contribution in [-0.4, -0.2) is 47.1 Å². The molecule has 158 valence electrons. The van der Waals surface area contributed by atoms with Crippen LogP contribution in [0, 0.1) is 11.8 Å². The van der Waals surface area contributed by atoms with Crippen LogP contribution in [0.15, 0.2) is 23.3 Å². The van der Waals surface area contributed by atoms with E-state index in [1.807, 2.05) is 33.8 Å². The Balaban J connectivity index is 2.44. The minimum atomic E-state index is -1.03. The van der Waals surface area contributed by atoms with Crippen molar-refractivity contribution < 1.29 is 28.9 Å². The second kappa shape index (κ2) is 8.78. The first-order chi connectivity index (χ1) is 13.0. The third kappa shape index (κ3) is 4.84. The van der Waals surface area contributed by atoms with Gasteiger partial charge < -0.3 is 19.3 Å². The maximum Gasteiger partial charge on any atom is 0.334 e. The van der Waals surface area contributed by atoms with Crippen LogP contribution in [0.3, 0.4) is 0 Å². The van der Waals surface area contributed by atoms with Gasteiger partial charge in [0.25, 0.3) is 0 Å². The van der Waals surface area contributed by atoms with Gasteiger partial charge in [0.1, 0.15) is 24.4 Å². The van der Waals surface area contributed by atoms with E-state index < -0.39 is 36.2 Å². The predicted molar refractivity (Wildman–Crippen MR) is 105 cm³/mol. The van der Waals surface area contributed by atoms with Gasteiger partial charge in [-0.05, 0) is 52.0 Å². The van der Waals surface area contributed by atoms with Crippen LogP contribution in [0.1, 0.15) is 61.3 Å². The highest BCUT2D eigenvalue weighted by molar-refractivity contribution is 5.87. The lowest BCUT2D eigenvalue weighted by molar-refractivity contribution is -0.164. The number of carbonyl (C=O) groups is 2. The van der Waals surface area contributed by atoms with E-state index in [0.29, 0.717) is 5.57 Å². The molecule has 6 nitrogen and oxygen atoms in total. The van der Waals surface area contributed by atoms with Gasteiger partial charge in [0.05, 0.1) is 5.60 Å². The summed E-state index contributed by atoms with van der Waals surface area (Å²) in [6.07, 6.45) is 2.45. The molecular weight excluding hydrogens is 360 g/mol. The lowest BCUT2D eigenvalue weighted by Gasteiger charge is -2.37. The molecule has 6 heteroatoms. The fourth-order valence-electron chi connectivity index (χ4n) is 4.04. The Kier molecular flexibility index (Phi) is 7.10. The molecule has 0 amide bonds. The zero-order chi connectivity index (χ0) is 21.2. The molecule has 2 aliphatic rings. The Morgan fingerprint density at radius 2 is 1.96 bits per heavy atom. The summed E-state index contributed by atoms with van der Waals surface area (Å²) in [5, 5.41) is 11.3. The number of carbonyl (C=O) groups excluding carboxylic acids is 2. The number of aliphatic hydroxyl groups excluding tert-OH is 1. The zero-order valence-electron chi connectivity index (χ0n) is 18.0. The summed E-state index contributed by atoms with van der Waals surface area (Å²) in [6.45, 7) is 12.6. The Bertz CT molecular complexity index is 664. The zero-order valence-corrected chi connectivity index (χ0v) is 18.0. The second-order valence-electron chi connectivity index (χ2n) is 8.52. The Morgan fingerprint density at radius 1 is 1.32 bits per heavy atom. The van der Waals surface area contributed by atoms with E-state index in [9.17, 15) is 14.7 Å². The van der Waals surface area contributed by atoms with Crippen molar-refractivity contribution in [3.8, 4) is 0 Å². The van der Waals surface area contributed by atoms with Gasteiger partial charge in [-0.25, -0.2) is 4.79 Å².